The van der Waals surface area contributed by atoms with Gasteiger partial charge in [0.1, 0.15) is 17.7 Å². The molecule has 3 N–H and O–H groups in total. The SMILES string of the molecule is CC(C)[C@H](NC(=O)c1ccc(-c2ccc(F)cc2F)cc1)C(=O)NO. The summed E-state index contributed by atoms with van der Waals surface area (Å²) in [6, 6.07) is 8.37. The van der Waals surface area contributed by atoms with Crippen LogP contribution in [0.25, 0.3) is 11.1 Å². The fourth-order valence-electron chi connectivity index (χ4n) is 2.35. The molecule has 25 heavy (non-hydrogen) atoms. The van der Waals surface area contributed by atoms with E-state index < -0.39 is 29.5 Å². The molecule has 0 saturated carbocycles. The zero-order valence-electron chi connectivity index (χ0n) is 13.7. The third-order valence-electron chi connectivity index (χ3n) is 3.74. The van der Waals surface area contributed by atoms with Crippen molar-refractivity contribution in [1.82, 2.24) is 10.8 Å². The number of benzene rings is 2. The lowest BCUT2D eigenvalue weighted by Crippen LogP contribution is -2.48. The zero-order chi connectivity index (χ0) is 18.6. The number of carbonyl (C=O) groups is 2. The van der Waals surface area contributed by atoms with Crippen molar-refractivity contribution < 1.29 is 23.6 Å². The first-order valence-electron chi connectivity index (χ1n) is 7.63. The smallest absolute Gasteiger partial charge is 0.266 e. The molecule has 0 heterocycles. The molecule has 2 rings (SSSR count). The monoisotopic (exact) mass is 348 g/mol. The van der Waals surface area contributed by atoms with Gasteiger partial charge in [-0.15, -0.1) is 0 Å². The largest absolute Gasteiger partial charge is 0.340 e. The number of carbonyl (C=O) groups excluding carboxylic acids is 2. The Morgan fingerprint density at radius 3 is 2.20 bits per heavy atom. The molecule has 2 aromatic carbocycles. The van der Waals surface area contributed by atoms with Crippen molar-refractivity contribution in [1.29, 1.82) is 0 Å². The molecule has 0 radical (unpaired) electrons. The molecule has 1 atom stereocenters. The van der Waals surface area contributed by atoms with Gasteiger partial charge < -0.3 is 5.32 Å². The van der Waals surface area contributed by atoms with Gasteiger partial charge in [0.05, 0.1) is 0 Å². The second kappa shape index (κ2) is 7.85. The molecule has 0 spiro atoms. The van der Waals surface area contributed by atoms with Crippen LogP contribution in [0.1, 0.15) is 24.2 Å². The van der Waals surface area contributed by atoms with Crippen LogP contribution < -0.4 is 10.8 Å². The summed E-state index contributed by atoms with van der Waals surface area (Å²) in [4.78, 5) is 23.8. The molecule has 0 fully saturated rings. The predicted octanol–water partition coefficient (Wildman–Crippen LogP) is 2.89. The molecule has 2 aromatic rings. The lowest BCUT2D eigenvalue weighted by molar-refractivity contribution is -0.132. The van der Waals surface area contributed by atoms with E-state index >= 15 is 0 Å². The highest BCUT2D eigenvalue weighted by molar-refractivity contribution is 5.97. The first-order chi connectivity index (χ1) is 11.8. The van der Waals surface area contributed by atoms with Crippen molar-refractivity contribution >= 4 is 11.8 Å². The van der Waals surface area contributed by atoms with Crippen molar-refractivity contribution in [2.45, 2.75) is 19.9 Å². The Kier molecular flexibility index (Phi) is 5.82. The maximum absolute atomic E-state index is 13.8. The molecule has 0 aromatic heterocycles. The van der Waals surface area contributed by atoms with Gasteiger partial charge in [-0.1, -0.05) is 26.0 Å². The molecule has 132 valence electrons. The average Bonchev–Trinajstić information content (AvgIpc) is 2.58. The number of nitrogens with one attached hydrogen (secondary N) is 2. The van der Waals surface area contributed by atoms with E-state index in [1.54, 1.807) is 13.8 Å². The number of amides is 2. The van der Waals surface area contributed by atoms with Crippen molar-refractivity contribution in [3.05, 3.63) is 59.7 Å². The average molecular weight is 348 g/mol. The van der Waals surface area contributed by atoms with Gasteiger partial charge in [0.25, 0.3) is 11.8 Å². The minimum atomic E-state index is -0.897. The third kappa shape index (κ3) is 4.39. The molecule has 5 nitrogen and oxygen atoms in total. The van der Waals surface area contributed by atoms with Crippen molar-refractivity contribution in [3.8, 4) is 11.1 Å². The Labute approximate surface area is 143 Å². The van der Waals surface area contributed by atoms with Gasteiger partial charge in [0, 0.05) is 17.2 Å². The van der Waals surface area contributed by atoms with E-state index in [1.165, 1.54) is 35.8 Å². The predicted molar refractivity (Wildman–Crippen MR) is 87.8 cm³/mol. The number of hydrogen-bond acceptors (Lipinski definition) is 3. The van der Waals surface area contributed by atoms with E-state index in [-0.39, 0.29) is 17.0 Å². The summed E-state index contributed by atoms with van der Waals surface area (Å²) in [7, 11) is 0. The van der Waals surface area contributed by atoms with Crippen LogP contribution in [0.3, 0.4) is 0 Å². The molecule has 0 aliphatic carbocycles. The standard InChI is InChI=1S/C18H18F2N2O3/c1-10(2)16(18(24)22-25)21-17(23)12-5-3-11(4-6-12)14-8-7-13(19)9-15(14)20/h3-10,16,25H,1-2H3,(H,21,23)(H,22,24)/t16-/m0/s1. The highest BCUT2D eigenvalue weighted by Gasteiger charge is 2.24. The molecule has 0 bridgehead atoms. The third-order valence-corrected chi connectivity index (χ3v) is 3.74. The second-order valence-corrected chi connectivity index (χ2v) is 5.87. The molecule has 7 heteroatoms. The molecule has 0 unspecified atom stereocenters. The van der Waals surface area contributed by atoms with Gasteiger partial charge in [-0.3, -0.25) is 14.8 Å². The number of hydrogen-bond donors (Lipinski definition) is 3. The van der Waals surface area contributed by atoms with E-state index in [0.717, 1.165) is 12.1 Å². The van der Waals surface area contributed by atoms with Crippen LogP contribution in [0.4, 0.5) is 8.78 Å². The van der Waals surface area contributed by atoms with Gasteiger partial charge in [-0.25, -0.2) is 14.3 Å². The Bertz CT molecular complexity index is 776. The van der Waals surface area contributed by atoms with Gasteiger partial charge >= 0.3 is 0 Å². The summed E-state index contributed by atoms with van der Waals surface area (Å²) in [6.45, 7) is 3.45. The molecule has 2 amide bonds. The first kappa shape index (κ1) is 18.5. The quantitative estimate of drug-likeness (QED) is 0.574. The Balaban J connectivity index is 2.18. The van der Waals surface area contributed by atoms with Crippen LogP contribution in [-0.2, 0) is 4.79 Å². The van der Waals surface area contributed by atoms with Crippen LogP contribution in [0.2, 0.25) is 0 Å². The number of rotatable bonds is 5. The minimum Gasteiger partial charge on any atom is -0.340 e. The molecule has 0 aliphatic rings. The number of hydroxylamine groups is 1. The summed E-state index contributed by atoms with van der Waals surface area (Å²) >= 11 is 0. The lowest BCUT2D eigenvalue weighted by atomic mass is 10.0. The first-order valence-corrected chi connectivity index (χ1v) is 7.63. The van der Waals surface area contributed by atoms with Gasteiger partial charge in [-0.05, 0) is 35.7 Å². The Hall–Kier alpha value is -2.80. The van der Waals surface area contributed by atoms with Crippen molar-refractivity contribution in [3.63, 3.8) is 0 Å². The van der Waals surface area contributed by atoms with Crippen molar-refractivity contribution in [2.24, 2.45) is 5.92 Å². The van der Waals surface area contributed by atoms with Crippen LogP contribution >= 0.6 is 0 Å². The van der Waals surface area contributed by atoms with E-state index in [0.29, 0.717) is 5.56 Å². The summed E-state index contributed by atoms with van der Waals surface area (Å²) in [5, 5.41) is 11.3. The van der Waals surface area contributed by atoms with Crippen LogP contribution in [-0.4, -0.2) is 23.1 Å². The molecular formula is C18H18F2N2O3. The summed E-state index contributed by atoms with van der Waals surface area (Å²) < 4.78 is 26.8. The summed E-state index contributed by atoms with van der Waals surface area (Å²) in [6.07, 6.45) is 0. The van der Waals surface area contributed by atoms with Crippen LogP contribution in [0, 0.1) is 17.6 Å². The number of halogens is 2. The van der Waals surface area contributed by atoms with Crippen LogP contribution in [0.5, 0.6) is 0 Å². The summed E-state index contributed by atoms with van der Waals surface area (Å²) in [5.41, 5.74) is 2.49. The fraction of sp³-hybridized carbons (Fsp3) is 0.222. The van der Waals surface area contributed by atoms with E-state index in [9.17, 15) is 18.4 Å². The van der Waals surface area contributed by atoms with Gasteiger partial charge in [-0.2, -0.15) is 0 Å². The van der Waals surface area contributed by atoms with Crippen molar-refractivity contribution in [2.75, 3.05) is 0 Å². The van der Waals surface area contributed by atoms with Crippen LogP contribution in [0.15, 0.2) is 42.5 Å². The molecular weight excluding hydrogens is 330 g/mol. The maximum atomic E-state index is 13.8. The maximum Gasteiger partial charge on any atom is 0.266 e. The fourth-order valence-corrected chi connectivity index (χ4v) is 2.35. The molecule has 0 saturated heterocycles. The van der Waals surface area contributed by atoms with E-state index in [1.807, 2.05) is 0 Å². The topological polar surface area (TPSA) is 78.4 Å². The Morgan fingerprint density at radius 2 is 1.68 bits per heavy atom. The van der Waals surface area contributed by atoms with Gasteiger partial charge in [0.2, 0.25) is 0 Å². The van der Waals surface area contributed by atoms with E-state index in [4.69, 9.17) is 5.21 Å². The Morgan fingerprint density at radius 1 is 1.04 bits per heavy atom. The normalized spacial score (nSPS) is 11.9. The molecule has 0 aliphatic heterocycles. The zero-order valence-corrected chi connectivity index (χ0v) is 13.7. The second-order valence-electron chi connectivity index (χ2n) is 5.87. The highest BCUT2D eigenvalue weighted by Crippen LogP contribution is 2.23. The van der Waals surface area contributed by atoms with Gasteiger partial charge in [0.15, 0.2) is 0 Å². The minimum absolute atomic E-state index is 0.216. The van der Waals surface area contributed by atoms with E-state index in [2.05, 4.69) is 5.32 Å². The summed E-state index contributed by atoms with van der Waals surface area (Å²) in [5.74, 6) is -2.82. The lowest BCUT2D eigenvalue weighted by Gasteiger charge is -2.20. The highest BCUT2D eigenvalue weighted by atomic mass is 19.1.